The number of carbonyl (C=O) groups is 1. The molecule has 4 rings (SSSR count). The Morgan fingerprint density at radius 3 is 2.59 bits per heavy atom. The SMILES string of the molecule is N#Cc1ccc(Cn2cncc2CN[C@H]2CCN(Cc3ccccc3)C2=O)cc1. The second kappa shape index (κ2) is 8.72. The molecule has 1 atom stereocenters. The largest absolute Gasteiger partial charge is 0.337 e. The second-order valence-corrected chi connectivity index (χ2v) is 7.29. The van der Waals surface area contributed by atoms with Crippen molar-refractivity contribution in [2.75, 3.05) is 6.54 Å². The predicted octanol–water partition coefficient (Wildman–Crippen LogP) is 2.69. The molecule has 29 heavy (non-hydrogen) atoms. The number of imidazole rings is 1. The van der Waals surface area contributed by atoms with Gasteiger partial charge in [0.2, 0.25) is 5.91 Å². The molecule has 1 saturated heterocycles. The van der Waals surface area contributed by atoms with E-state index < -0.39 is 0 Å². The Kier molecular flexibility index (Phi) is 5.68. The summed E-state index contributed by atoms with van der Waals surface area (Å²) >= 11 is 0. The fraction of sp³-hybridized carbons (Fsp3) is 0.261. The molecule has 2 heterocycles. The minimum atomic E-state index is -0.156. The molecule has 0 bridgehead atoms. The van der Waals surface area contributed by atoms with Gasteiger partial charge in [0.25, 0.3) is 0 Å². The molecule has 1 amide bonds. The summed E-state index contributed by atoms with van der Waals surface area (Å²) in [6, 6.07) is 19.6. The van der Waals surface area contributed by atoms with Crippen LogP contribution in [0.2, 0.25) is 0 Å². The number of amides is 1. The first-order valence-electron chi connectivity index (χ1n) is 9.77. The van der Waals surface area contributed by atoms with Crippen molar-refractivity contribution < 1.29 is 4.79 Å². The van der Waals surface area contributed by atoms with Crippen LogP contribution in [0, 0.1) is 11.3 Å². The normalized spacial score (nSPS) is 16.2. The summed E-state index contributed by atoms with van der Waals surface area (Å²) in [6.45, 7) is 2.71. The Morgan fingerprint density at radius 1 is 1.07 bits per heavy atom. The number of likely N-dealkylation sites (tertiary alicyclic amines) is 1. The second-order valence-electron chi connectivity index (χ2n) is 7.29. The lowest BCUT2D eigenvalue weighted by Crippen LogP contribution is -2.38. The van der Waals surface area contributed by atoms with Gasteiger partial charge in [0.05, 0.1) is 29.7 Å². The highest BCUT2D eigenvalue weighted by molar-refractivity contribution is 5.83. The van der Waals surface area contributed by atoms with Gasteiger partial charge in [0, 0.05) is 32.4 Å². The molecule has 0 saturated carbocycles. The lowest BCUT2D eigenvalue weighted by atomic mass is 10.1. The highest BCUT2D eigenvalue weighted by Gasteiger charge is 2.31. The van der Waals surface area contributed by atoms with Gasteiger partial charge in [-0.1, -0.05) is 42.5 Å². The minimum Gasteiger partial charge on any atom is -0.337 e. The molecule has 6 nitrogen and oxygen atoms in total. The van der Waals surface area contributed by atoms with Gasteiger partial charge in [-0.05, 0) is 29.7 Å². The summed E-state index contributed by atoms with van der Waals surface area (Å²) in [5.74, 6) is 0.159. The first-order valence-corrected chi connectivity index (χ1v) is 9.77. The number of aromatic nitrogens is 2. The Labute approximate surface area is 170 Å². The van der Waals surface area contributed by atoms with Gasteiger partial charge in [0.15, 0.2) is 0 Å². The maximum absolute atomic E-state index is 12.7. The molecule has 0 radical (unpaired) electrons. The van der Waals surface area contributed by atoms with Crippen LogP contribution in [-0.2, 0) is 24.4 Å². The molecule has 0 aliphatic carbocycles. The third-order valence-electron chi connectivity index (χ3n) is 5.28. The first kappa shape index (κ1) is 18.9. The predicted molar refractivity (Wildman–Crippen MR) is 110 cm³/mol. The Bertz CT molecular complexity index is 1000. The average Bonchev–Trinajstić information content (AvgIpc) is 3.34. The van der Waals surface area contributed by atoms with Crippen LogP contribution in [0.4, 0.5) is 0 Å². The summed E-state index contributed by atoms with van der Waals surface area (Å²) < 4.78 is 2.07. The number of nitrogens with one attached hydrogen (secondary N) is 1. The van der Waals surface area contributed by atoms with Crippen molar-refractivity contribution in [1.29, 1.82) is 5.26 Å². The molecule has 6 heteroatoms. The highest BCUT2D eigenvalue weighted by Crippen LogP contribution is 2.16. The molecule has 2 aromatic carbocycles. The topological polar surface area (TPSA) is 74.0 Å². The van der Waals surface area contributed by atoms with Crippen LogP contribution in [0.3, 0.4) is 0 Å². The highest BCUT2D eigenvalue weighted by atomic mass is 16.2. The smallest absolute Gasteiger partial charge is 0.240 e. The van der Waals surface area contributed by atoms with Crippen LogP contribution >= 0.6 is 0 Å². The molecule has 1 aliphatic heterocycles. The molecule has 0 unspecified atom stereocenters. The monoisotopic (exact) mass is 385 g/mol. The van der Waals surface area contributed by atoms with Gasteiger partial charge in [0.1, 0.15) is 0 Å². The maximum atomic E-state index is 12.7. The Morgan fingerprint density at radius 2 is 1.83 bits per heavy atom. The lowest BCUT2D eigenvalue weighted by Gasteiger charge is -2.17. The van der Waals surface area contributed by atoms with Crippen LogP contribution < -0.4 is 5.32 Å². The van der Waals surface area contributed by atoms with E-state index in [-0.39, 0.29) is 11.9 Å². The molecule has 1 aliphatic rings. The van der Waals surface area contributed by atoms with Crippen LogP contribution in [0.15, 0.2) is 67.1 Å². The van der Waals surface area contributed by atoms with E-state index in [4.69, 9.17) is 5.26 Å². The molecule has 3 aromatic rings. The number of rotatable bonds is 7. The van der Waals surface area contributed by atoms with Gasteiger partial charge in [-0.15, -0.1) is 0 Å². The molecule has 1 aromatic heterocycles. The van der Waals surface area contributed by atoms with Crippen molar-refractivity contribution in [1.82, 2.24) is 19.8 Å². The van der Waals surface area contributed by atoms with Gasteiger partial charge in [-0.3, -0.25) is 4.79 Å². The van der Waals surface area contributed by atoms with Gasteiger partial charge in [-0.2, -0.15) is 5.26 Å². The zero-order valence-corrected chi connectivity index (χ0v) is 16.2. The third kappa shape index (κ3) is 4.53. The summed E-state index contributed by atoms with van der Waals surface area (Å²) in [7, 11) is 0. The third-order valence-corrected chi connectivity index (χ3v) is 5.28. The maximum Gasteiger partial charge on any atom is 0.240 e. The number of carbonyl (C=O) groups excluding carboxylic acids is 1. The van der Waals surface area contributed by atoms with Crippen molar-refractivity contribution in [2.45, 2.75) is 32.1 Å². The summed E-state index contributed by atoms with van der Waals surface area (Å²) in [5, 5.41) is 12.3. The zero-order valence-electron chi connectivity index (χ0n) is 16.2. The van der Waals surface area contributed by atoms with Gasteiger partial charge >= 0.3 is 0 Å². The van der Waals surface area contributed by atoms with E-state index in [2.05, 4.69) is 33.1 Å². The number of benzene rings is 2. The fourth-order valence-corrected chi connectivity index (χ4v) is 3.64. The average molecular weight is 385 g/mol. The van der Waals surface area contributed by atoms with Crippen LogP contribution in [0.5, 0.6) is 0 Å². The molecule has 1 fully saturated rings. The van der Waals surface area contributed by atoms with E-state index in [1.807, 2.05) is 53.6 Å². The summed E-state index contributed by atoms with van der Waals surface area (Å²) in [5.41, 5.74) is 3.95. The van der Waals surface area contributed by atoms with Crippen LogP contribution in [0.1, 0.15) is 28.8 Å². The van der Waals surface area contributed by atoms with E-state index in [0.717, 1.165) is 29.8 Å². The van der Waals surface area contributed by atoms with Crippen molar-refractivity contribution in [2.24, 2.45) is 0 Å². The van der Waals surface area contributed by atoms with Crippen LogP contribution in [-0.4, -0.2) is 32.9 Å². The van der Waals surface area contributed by atoms with E-state index in [1.54, 1.807) is 6.33 Å². The van der Waals surface area contributed by atoms with Crippen molar-refractivity contribution >= 4 is 5.91 Å². The van der Waals surface area contributed by atoms with Crippen molar-refractivity contribution in [3.8, 4) is 6.07 Å². The minimum absolute atomic E-state index is 0.156. The zero-order chi connectivity index (χ0) is 20.1. The molecule has 146 valence electrons. The lowest BCUT2D eigenvalue weighted by molar-refractivity contribution is -0.129. The molecule has 0 spiro atoms. The Balaban J connectivity index is 1.33. The summed E-state index contributed by atoms with van der Waals surface area (Å²) in [6.07, 6.45) is 4.45. The van der Waals surface area contributed by atoms with E-state index >= 15 is 0 Å². The van der Waals surface area contributed by atoms with E-state index in [9.17, 15) is 4.79 Å². The number of nitrogens with zero attached hydrogens (tertiary/aromatic N) is 4. The van der Waals surface area contributed by atoms with E-state index in [1.165, 1.54) is 0 Å². The van der Waals surface area contributed by atoms with Gasteiger partial charge < -0.3 is 14.8 Å². The fourth-order valence-electron chi connectivity index (χ4n) is 3.64. The van der Waals surface area contributed by atoms with Gasteiger partial charge in [-0.25, -0.2) is 4.98 Å². The Hall–Kier alpha value is -3.43. The number of hydrogen-bond donors (Lipinski definition) is 1. The standard InChI is InChI=1S/C23H23N5O/c24-12-18-6-8-20(9-7-18)16-28-17-25-13-21(28)14-26-22-10-11-27(23(22)29)15-19-4-2-1-3-5-19/h1-9,13,17,22,26H,10-11,14-16H2/t22-/m0/s1. The molecule has 1 N–H and O–H groups in total. The van der Waals surface area contributed by atoms with Crippen molar-refractivity contribution in [3.05, 3.63) is 89.5 Å². The first-order chi connectivity index (χ1) is 14.2. The molecular weight excluding hydrogens is 362 g/mol. The molecular formula is C23H23N5O. The van der Waals surface area contributed by atoms with Crippen LogP contribution in [0.25, 0.3) is 0 Å². The van der Waals surface area contributed by atoms with E-state index in [0.29, 0.717) is 25.2 Å². The number of hydrogen-bond acceptors (Lipinski definition) is 4. The quantitative estimate of drug-likeness (QED) is 0.679. The summed E-state index contributed by atoms with van der Waals surface area (Å²) in [4.78, 5) is 18.9. The van der Waals surface area contributed by atoms with Crippen molar-refractivity contribution in [3.63, 3.8) is 0 Å². The number of nitriles is 1.